The predicted molar refractivity (Wildman–Crippen MR) is 80.6 cm³/mol. The summed E-state index contributed by atoms with van der Waals surface area (Å²) in [6.07, 6.45) is 2.40. The Bertz CT molecular complexity index is 274. The zero-order valence-corrected chi connectivity index (χ0v) is 12.9. The maximum absolute atomic E-state index is 11.3. The molecule has 2 saturated heterocycles. The van der Waals surface area contributed by atoms with Crippen LogP contribution in [-0.2, 0) is 9.59 Å². The molecule has 0 aromatic rings. The summed E-state index contributed by atoms with van der Waals surface area (Å²) in [6, 6.07) is 0. The zero-order chi connectivity index (χ0) is 13.4. The van der Waals surface area contributed by atoms with Gasteiger partial charge in [0.25, 0.3) is 0 Å². The van der Waals surface area contributed by atoms with E-state index in [0.29, 0.717) is 17.5 Å². The number of Topliss-reactive ketones (excluding diaryl/α,β-unsaturated/α-hetero) is 2. The van der Waals surface area contributed by atoms with Crippen molar-refractivity contribution < 1.29 is 9.59 Å². The van der Waals surface area contributed by atoms with Crippen molar-refractivity contribution >= 4 is 35.1 Å². The molecule has 0 saturated carbocycles. The second-order valence-corrected chi connectivity index (χ2v) is 7.28. The summed E-state index contributed by atoms with van der Waals surface area (Å²) in [4.78, 5) is 23.8. The third kappa shape index (κ3) is 6.81. The number of hydrogen-bond acceptors (Lipinski definition) is 5. The summed E-state index contributed by atoms with van der Waals surface area (Å²) in [7, 11) is 4.04. The number of ketones is 2. The third-order valence-corrected chi connectivity index (χ3v) is 5.02. The molecule has 18 heavy (non-hydrogen) atoms. The molecule has 0 radical (unpaired) electrons. The van der Waals surface area contributed by atoms with Gasteiger partial charge in [0.1, 0.15) is 11.6 Å². The molecule has 2 fully saturated rings. The van der Waals surface area contributed by atoms with Gasteiger partial charge in [-0.1, -0.05) is 0 Å². The lowest BCUT2D eigenvalue weighted by atomic mass is 10.0. The van der Waals surface area contributed by atoms with Crippen LogP contribution < -0.4 is 0 Å². The van der Waals surface area contributed by atoms with E-state index in [1.807, 2.05) is 37.6 Å². The lowest BCUT2D eigenvalue weighted by molar-refractivity contribution is -0.122. The number of carbonyl (C=O) groups excluding carboxylic acids is 2. The summed E-state index contributed by atoms with van der Waals surface area (Å²) >= 11 is 3.78. The maximum atomic E-state index is 11.3. The van der Waals surface area contributed by atoms with Crippen molar-refractivity contribution in [2.24, 2.45) is 5.92 Å². The van der Waals surface area contributed by atoms with Crippen LogP contribution in [0.3, 0.4) is 0 Å². The van der Waals surface area contributed by atoms with Crippen LogP contribution in [0.25, 0.3) is 0 Å². The highest BCUT2D eigenvalue weighted by molar-refractivity contribution is 7.99. The molecule has 0 aromatic carbocycles. The van der Waals surface area contributed by atoms with Crippen LogP contribution in [0.1, 0.15) is 19.3 Å². The third-order valence-electron chi connectivity index (χ3n) is 2.90. The van der Waals surface area contributed by atoms with Gasteiger partial charge in [0, 0.05) is 54.7 Å². The van der Waals surface area contributed by atoms with E-state index >= 15 is 0 Å². The average Bonchev–Trinajstić information content (AvgIpc) is 2.33. The van der Waals surface area contributed by atoms with Crippen molar-refractivity contribution in [1.29, 1.82) is 0 Å². The monoisotopic (exact) mass is 289 g/mol. The quantitative estimate of drug-likeness (QED) is 0.777. The fraction of sp³-hybridized carbons (Fsp3) is 0.846. The Morgan fingerprint density at radius 2 is 1.67 bits per heavy atom. The fourth-order valence-electron chi connectivity index (χ4n) is 1.89. The standard InChI is InChI=1S/C8H15NOS.C5H8OS/c1-9(2)5-7-6-11-4-3-8(7)10;6-5-1-3-7-4-2-5/h7H,3-6H2,1-2H3;1-4H2. The smallest absolute Gasteiger partial charge is 0.138 e. The Hall–Kier alpha value is -0.0000000000000000555. The van der Waals surface area contributed by atoms with Gasteiger partial charge >= 0.3 is 0 Å². The second kappa shape index (κ2) is 8.99. The van der Waals surface area contributed by atoms with Gasteiger partial charge in [0.05, 0.1) is 0 Å². The molecule has 2 rings (SSSR count). The number of carbonyl (C=O) groups is 2. The van der Waals surface area contributed by atoms with Crippen molar-refractivity contribution in [3.63, 3.8) is 0 Å². The first-order valence-electron chi connectivity index (χ1n) is 6.44. The van der Waals surface area contributed by atoms with Crippen molar-refractivity contribution in [2.75, 3.05) is 43.7 Å². The summed E-state index contributed by atoms with van der Waals surface area (Å²) in [5.74, 6) is 5.36. The highest BCUT2D eigenvalue weighted by atomic mass is 32.2. The zero-order valence-electron chi connectivity index (χ0n) is 11.3. The van der Waals surface area contributed by atoms with Gasteiger partial charge in [-0.05, 0) is 14.1 Å². The van der Waals surface area contributed by atoms with E-state index in [0.717, 1.165) is 48.8 Å². The Balaban J connectivity index is 0.000000199. The molecule has 1 unspecified atom stereocenters. The van der Waals surface area contributed by atoms with Crippen LogP contribution in [0.5, 0.6) is 0 Å². The van der Waals surface area contributed by atoms with E-state index in [-0.39, 0.29) is 0 Å². The largest absolute Gasteiger partial charge is 0.309 e. The van der Waals surface area contributed by atoms with E-state index in [1.54, 1.807) is 0 Å². The van der Waals surface area contributed by atoms with Gasteiger partial charge in [0.2, 0.25) is 0 Å². The fourth-order valence-corrected chi connectivity index (χ4v) is 3.93. The Morgan fingerprint density at radius 1 is 1.06 bits per heavy atom. The molecule has 1 atom stereocenters. The van der Waals surface area contributed by atoms with Gasteiger partial charge < -0.3 is 4.90 Å². The Morgan fingerprint density at radius 3 is 2.11 bits per heavy atom. The molecule has 0 bridgehead atoms. The lowest BCUT2D eigenvalue weighted by Gasteiger charge is -2.22. The summed E-state index contributed by atoms with van der Waals surface area (Å²) in [5, 5.41) is 0. The SMILES string of the molecule is CN(C)CC1CSCCC1=O.O=C1CCSCC1. The number of nitrogens with zero attached hydrogens (tertiary/aromatic N) is 1. The minimum Gasteiger partial charge on any atom is -0.309 e. The number of rotatable bonds is 2. The highest BCUT2D eigenvalue weighted by Crippen LogP contribution is 2.19. The molecule has 2 heterocycles. The van der Waals surface area contributed by atoms with Crippen LogP contribution in [0, 0.1) is 5.92 Å². The maximum Gasteiger partial charge on any atom is 0.138 e. The topological polar surface area (TPSA) is 37.4 Å². The molecule has 104 valence electrons. The van der Waals surface area contributed by atoms with Crippen LogP contribution >= 0.6 is 23.5 Å². The van der Waals surface area contributed by atoms with Crippen LogP contribution in [0.15, 0.2) is 0 Å². The van der Waals surface area contributed by atoms with E-state index in [2.05, 4.69) is 4.90 Å². The molecule has 3 nitrogen and oxygen atoms in total. The first-order chi connectivity index (χ1) is 8.59. The normalized spacial score (nSPS) is 24.7. The molecule has 0 aromatic heterocycles. The molecule has 0 aliphatic carbocycles. The minimum atomic E-state index is 0.295. The van der Waals surface area contributed by atoms with Gasteiger partial charge in [0.15, 0.2) is 0 Å². The first kappa shape index (κ1) is 16.1. The molecule has 5 heteroatoms. The van der Waals surface area contributed by atoms with Crippen molar-refractivity contribution in [2.45, 2.75) is 19.3 Å². The summed E-state index contributed by atoms with van der Waals surface area (Å²) in [5.41, 5.74) is 0. The predicted octanol–water partition coefficient (Wildman–Crippen LogP) is 1.95. The molecule has 2 aliphatic rings. The van der Waals surface area contributed by atoms with Crippen LogP contribution in [0.4, 0.5) is 0 Å². The van der Waals surface area contributed by atoms with Gasteiger partial charge in [-0.3, -0.25) is 9.59 Å². The summed E-state index contributed by atoms with van der Waals surface area (Å²) in [6.45, 7) is 0.922. The second-order valence-electron chi connectivity index (χ2n) is 4.90. The van der Waals surface area contributed by atoms with Gasteiger partial charge in [-0.25, -0.2) is 0 Å². The molecule has 0 N–H and O–H groups in total. The Labute approximate surface area is 118 Å². The molecule has 0 amide bonds. The van der Waals surface area contributed by atoms with Gasteiger partial charge in [-0.15, -0.1) is 0 Å². The highest BCUT2D eigenvalue weighted by Gasteiger charge is 2.22. The van der Waals surface area contributed by atoms with E-state index in [1.165, 1.54) is 0 Å². The molecule has 0 spiro atoms. The average molecular weight is 289 g/mol. The van der Waals surface area contributed by atoms with Crippen LogP contribution in [0.2, 0.25) is 0 Å². The van der Waals surface area contributed by atoms with E-state index in [9.17, 15) is 9.59 Å². The number of thioether (sulfide) groups is 2. The minimum absolute atomic E-state index is 0.295. The molecular formula is C13H23NO2S2. The van der Waals surface area contributed by atoms with Crippen molar-refractivity contribution in [3.8, 4) is 0 Å². The lowest BCUT2D eigenvalue weighted by Crippen LogP contribution is -2.32. The van der Waals surface area contributed by atoms with E-state index < -0.39 is 0 Å². The van der Waals surface area contributed by atoms with Crippen LogP contribution in [-0.4, -0.2) is 60.1 Å². The molecular weight excluding hydrogens is 266 g/mol. The van der Waals surface area contributed by atoms with Crippen molar-refractivity contribution in [1.82, 2.24) is 4.90 Å². The molecule has 2 aliphatic heterocycles. The van der Waals surface area contributed by atoms with E-state index in [4.69, 9.17) is 0 Å². The summed E-state index contributed by atoms with van der Waals surface area (Å²) < 4.78 is 0. The van der Waals surface area contributed by atoms with Gasteiger partial charge in [-0.2, -0.15) is 23.5 Å². The number of hydrogen-bond donors (Lipinski definition) is 0. The Kier molecular flexibility index (Phi) is 8.02. The van der Waals surface area contributed by atoms with Crippen molar-refractivity contribution in [3.05, 3.63) is 0 Å². The first-order valence-corrected chi connectivity index (χ1v) is 8.75.